The Labute approximate surface area is 268 Å². The number of hydrogen-bond acceptors (Lipinski definition) is 7. The van der Waals surface area contributed by atoms with Gasteiger partial charge in [-0.15, -0.1) is 0 Å². The summed E-state index contributed by atoms with van der Waals surface area (Å²) in [6, 6.07) is 2.52. The second-order valence-corrected chi connectivity index (χ2v) is 12.5. The molecule has 2 aliphatic rings. The lowest BCUT2D eigenvalue weighted by atomic mass is 9.97. The fraction of sp³-hybridized carbons (Fsp3) is 0.333. The zero-order chi connectivity index (χ0) is 33.4. The largest absolute Gasteiger partial charge is 0.507 e. The van der Waals surface area contributed by atoms with Gasteiger partial charge in [-0.2, -0.15) is 4.98 Å². The summed E-state index contributed by atoms with van der Waals surface area (Å²) in [6.45, 7) is 11.7. The van der Waals surface area contributed by atoms with Gasteiger partial charge in [-0.3, -0.25) is 14.3 Å². The van der Waals surface area contributed by atoms with E-state index in [0.29, 0.717) is 16.9 Å². The molecule has 46 heavy (non-hydrogen) atoms. The van der Waals surface area contributed by atoms with Gasteiger partial charge in [-0.25, -0.2) is 18.0 Å². The van der Waals surface area contributed by atoms with Crippen molar-refractivity contribution in [2.24, 2.45) is 0 Å². The summed E-state index contributed by atoms with van der Waals surface area (Å²) in [5.41, 5.74) is -0.684. The number of carbonyl (C=O) groups is 1. The summed E-state index contributed by atoms with van der Waals surface area (Å²) in [5, 5.41) is 10.5. The molecule has 4 heterocycles. The van der Waals surface area contributed by atoms with Crippen LogP contribution in [0.15, 0.2) is 41.8 Å². The molecule has 1 amide bonds. The second-order valence-electron chi connectivity index (χ2n) is 12.1. The molecule has 13 heteroatoms. The standard InChI is InChI=1S/C33H32ClF3N6O3/c1-7-21(45)41-12-17(5)42-18(14-41)13-40(6)31-24-30(25(34)23(27(31)37)22-20(44)9-8-19(35)26(22)36)43(33(46)39-32(24)42)29-16(4)10-11-38-28(29)15(2)3/h7-11,15,17-18,44H,1,12-14H2,2-6H3. The van der Waals surface area contributed by atoms with Crippen molar-refractivity contribution >= 4 is 39.9 Å². The third-order valence-corrected chi connectivity index (χ3v) is 9.17. The smallest absolute Gasteiger partial charge is 0.354 e. The van der Waals surface area contributed by atoms with Gasteiger partial charge in [0.25, 0.3) is 0 Å². The Morgan fingerprint density at radius 2 is 1.83 bits per heavy atom. The molecule has 0 bridgehead atoms. The summed E-state index contributed by atoms with van der Waals surface area (Å²) in [4.78, 5) is 41.2. The van der Waals surface area contributed by atoms with Gasteiger partial charge in [0.2, 0.25) is 5.91 Å². The van der Waals surface area contributed by atoms with E-state index in [4.69, 9.17) is 11.6 Å². The Bertz CT molecular complexity index is 2020. The number of aromatic nitrogens is 3. The highest BCUT2D eigenvalue weighted by atomic mass is 35.5. The molecule has 1 saturated heterocycles. The Hall–Kier alpha value is -4.58. The van der Waals surface area contributed by atoms with E-state index in [0.717, 1.165) is 12.1 Å². The maximum Gasteiger partial charge on any atom is 0.354 e. The summed E-state index contributed by atoms with van der Waals surface area (Å²) < 4.78 is 48.4. The number of aryl methyl sites for hydroxylation is 1. The molecule has 0 aliphatic carbocycles. The number of anilines is 2. The van der Waals surface area contributed by atoms with E-state index in [1.807, 2.05) is 25.7 Å². The van der Waals surface area contributed by atoms with Gasteiger partial charge in [-0.1, -0.05) is 32.0 Å². The molecule has 2 aromatic heterocycles. The Morgan fingerprint density at radius 1 is 1.11 bits per heavy atom. The molecule has 2 unspecified atom stereocenters. The molecule has 2 aliphatic heterocycles. The first-order valence-corrected chi connectivity index (χ1v) is 15.2. The predicted octanol–water partition coefficient (Wildman–Crippen LogP) is 5.70. The van der Waals surface area contributed by atoms with Crippen LogP contribution in [-0.2, 0) is 4.79 Å². The number of amides is 1. The van der Waals surface area contributed by atoms with Crippen LogP contribution in [0.2, 0.25) is 5.02 Å². The van der Waals surface area contributed by atoms with Crippen LogP contribution in [0.5, 0.6) is 5.75 Å². The van der Waals surface area contributed by atoms with E-state index in [1.54, 1.807) is 36.0 Å². The fourth-order valence-corrected chi connectivity index (χ4v) is 7.20. The number of pyridine rings is 1. The molecule has 2 atom stereocenters. The zero-order valence-corrected chi connectivity index (χ0v) is 26.7. The van der Waals surface area contributed by atoms with Crippen LogP contribution in [-0.4, -0.2) is 69.2 Å². The van der Waals surface area contributed by atoms with Gasteiger partial charge < -0.3 is 19.8 Å². The molecular weight excluding hydrogens is 621 g/mol. The zero-order valence-electron chi connectivity index (χ0n) is 25.9. The molecule has 1 fully saturated rings. The Kier molecular flexibility index (Phi) is 7.74. The first-order chi connectivity index (χ1) is 21.8. The number of carbonyl (C=O) groups excluding carboxylic acids is 1. The summed E-state index contributed by atoms with van der Waals surface area (Å²) in [5.74, 6) is -4.90. The highest BCUT2D eigenvalue weighted by molar-refractivity contribution is 6.39. The van der Waals surface area contributed by atoms with Crippen molar-refractivity contribution in [3.63, 3.8) is 0 Å². The first-order valence-electron chi connectivity index (χ1n) is 14.8. The van der Waals surface area contributed by atoms with E-state index in [2.05, 4.69) is 16.5 Å². The number of hydrogen-bond donors (Lipinski definition) is 1. The summed E-state index contributed by atoms with van der Waals surface area (Å²) in [7, 11) is 1.62. The first kappa shape index (κ1) is 31.4. The normalized spacial score (nSPS) is 17.8. The number of aromatic hydroxyl groups is 1. The predicted molar refractivity (Wildman–Crippen MR) is 172 cm³/mol. The number of phenolic OH excluding ortho intramolecular Hbond substituents is 1. The number of fused-ring (bicyclic) bond motifs is 2. The van der Waals surface area contributed by atoms with Gasteiger partial charge in [0.15, 0.2) is 17.5 Å². The van der Waals surface area contributed by atoms with Gasteiger partial charge in [0, 0.05) is 44.5 Å². The number of nitrogens with zero attached hydrogens (tertiary/aromatic N) is 6. The third-order valence-electron chi connectivity index (χ3n) is 8.80. The lowest BCUT2D eigenvalue weighted by molar-refractivity contribution is -0.127. The van der Waals surface area contributed by atoms with Crippen LogP contribution in [0, 0.1) is 24.4 Å². The van der Waals surface area contributed by atoms with Gasteiger partial charge in [0.1, 0.15) is 11.6 Å². The van der Waals surface area contributed by atoms with Crippen LogP contribution in [0.25, 0.3) is 27.7 Å². The van der Waals surface area contributed by atoms with Crippen molar-refractivity contribution in [3.8, 4) is 22.6 Å². The molecular formula is C33H32ClF3N6O3. The highest BCUT2D eigenvalue weighted by Gasteiger charge is 2.42. The second kappa shape index (κ2) is 11.3. The van der Waals surface area contributed by atoms with E-state index in [1.165, 1.54) is 10.6 Å². The van der Waals surface area contributed by atoms with E-state index < -0.39 is 51.1 Å². The number of rotatable bonds is 4. The quantitative estimate of drug-likeness (QED) is 0.283. The monoisotopic (exact) mass is 652 g/mol. The molecule has 1 N–H and O–H groups in total. The maximum absolute atomic E-state index is 17.1. The van der Waals surface area contributed by atoms with Crippen molar-refractivity contribution in [2.45, 2.75) is 45.7 Å². The van der Waals surface area contributed by atoms with E-state index >= 15 is 8.78 Å². The fourth-order valence-electron chi connectivity index (χ4n) is 6.84. The van der Waals surface area contributed by atoms with E-state index in [9.17, 15) is 19.1 Å². The molecule has 9 nitrogen and oxygen atoms in total. The SMILES string of the molecule is C=CC(=O)N1CC(C)N2c3nc(=O)n(-c4c(C)ccnc4C(C)C)c4c(Cl)c(-c5c(O)ccc(F)c5F)c(F)c(c34)N(C)CC2C1. The lowest BCUT2D eigenvalue weighted by Crippen LogP contribution is -2.61. The van der Waals surface area contributed by atoms with E-state index in [-0.39, 0.29) is 59.9 Å². The summed E-state index contributed by atoms with van der Waals surface area (Å²) >= 11 is 7.06. The van der Waals surface area contributed by atoms with Gasteiger partial charge in [-0.05, 0) is 49.6 Å². The van der Waals surface area contributed by atoms with Crippen molar-refractivity contribution in [1.82, 2.24) is 19.4 Å². The van der Waals surface area contributed by atoms with Crippen LogP contribution in [0.4, 0.5) is 24.7 Å². The minimum absolute atomic E-state index is 0.00609. The van der Waals surface area contributed by atoms with Crippen molar-refractivity contribution in [1.29, 1.82) is 0 Å². The maximum atomic E-state index is 17.1. The van der Waals surface area contributed by atoms with Crippen molar-refractivity contribution in [3.05, 3.63) is 81.3 Å². The van der Waals surface area contributed by atoms with Crippen LogP contribution in [0.1, 0.15) is 37.9 Å². The lowest BCUT2D eigenvalue weighted by Gasteiger charge is -2.46. The number of halogens is 4. The highest BCUT2D eigenvalue weighted by Crippen LogP contribution is 2.50. The average Bonchev–Trinajstić information content (AvgIpc) is 3.12. The number of benzene rings is 2. The van der Waals surface area contributed by atoms with Crippen molar-refractivity contribution < 1.29 is 23.1 Å². The molecule has 6 rings (SSSR count). The molecule has 2 aromatic carbocycles. The topological polar surface area (TPSA) is 94.8 Å². The number of phenols is 1. The summed E-state index contributed by atoms with van der Waals surface area (Å²) in [6.07, 6.45) is 2.84. The van der Waals surface area contributed by atoms with Crippen molar-refractivity contribution in [2.75, 3.05) is 36.5 Å². The van der Waals surface area contributed by atoms with Gasteiger partial charge in [0.05, 0.1) is 44.6 Å². The van der Waals surface area contributed by atoms with Gasteiger partial charge >= 0.3 is 5.69 Å². The third kappa shape index (κ3) is 4.60. The minimum Gasteiger partial charge on any atom is -0.507 e. The molecule has 0 radical (unpaired) electrons. The Balaban J connectivity index is 1.82. The molecule has 0 spiro atoms. The van der Waals surface area contributed by atoms with Crippen LogP contribution < -0.4 is 15.5 Å². The average molecular weight is 653 g/mol. The molecule has 4 aromatic rings. The van der Waals surface area contributed by atoms with Crippen LogP contribution in [0.3, 0.4) is 0 Å². The number of likely N-dealkylation sites (N-methyl/N-ethyl adjacent to an activating group) is 1. The molecule has 240 valence electrons. The van der Waals surface area contributed by atoms with Crippen LogP contribution >= 0.6 is 11.6 Å². The Morgan fingerprint density at radius 3 is 2.50 bits per heavy atom. The molecule has 0 saturated carbocycles. The minimum atomic E-state index is -1.50. The number of piperazine rings is 1.